The molecule has 6 heteroatoms. The molecular weight excluding hydrogens is 379 g/mol. The van der Waals surface area contributed by atoms with Crippen LogP contribution in [0.1, 0.15) is 11.1 Å². The van der Waals surface area contributed by atoms with Crippen LogP contribution in [0.4, 0.5) is 0 Å². The summed E-state index contributed by atoms with van der Waals surface area (Å²) in [6.45, 7) is 0.530. The quantitative estimate of drug-likeness (QED) is 0.437. The molecule has 3 nitrogen and oxygen atoms in total. The van der Waals surface area contributed by atoms with E-state index in [2.05, 4.69) is 5.32 Å². The lowest BCUT2D eigenvalue weighted by Crippen LogP contribution is -2.53. The minimum absolute atomic E-state index is 0.333. The van der Waals surface area contributed by atoms with E-state index in [4.69, 9.17) is 34.8 Å². The average molecular weight is 398 g/mol. The van der Waals surface area contributed by atoms with E-state index in [1.54, 1.807) is 18.0 Å². The third-order valence-corrected chi connectivity index (χ3v) is 4.15. The number of carbonyl (C=O) groups is 1. The maximum absolute atomic E-state index is 12.2. The molecule has 1 unspecified atom stereocenters. The number of carbonyl (C=O) groups excluding carboxylic acids is 1. The Morgan fingerprint density at radius 3 is 2.20 bits per heavy atom. The van der Waals surface area contributed by atoms with Crippen molar-refractivity contribution in [1.82, 2.24) is 10.2 Å². The Morgan fingerprint density at radius 2 is 1.64 bits per heavy atom. The Morgan fingerprint density at radius 1 is 1.08 bits per heavy atom. The highest BCUT2D eigenvalue weighted by Crippen LogP contribution is 2.32. The molecule has 2 rings (SSSR count). The van der Waals surface area contributed by atoms with E-state index in [9.17, 15) is 4.79 Å². The molecule has 0 spiro atoms. The van der Waals surface area contributed by atoms with Crippen LogP contribution in [0.5, 0.6) is 0 Å². The molecule has 0 aliphatic carbocycles. The lowest BCUT2D eigenvalue weighted by Gasteiger charge is -2.33. The van der Waals surface area contributed by atoms with Gasteiger partial charge >= 0.3 is 0 Å². The largest absolute Gasteiger partial charge is 0.333 e. The van der Waals surface area contributed by atoms with Crippen molar-refractivity contribution in [1.29, 1.82) is 0 Å². The molecule has 2 aromatic carbocycles. The lowest BCUT2D eigenvalue weighted by molar-refractivity contribution is -0.118. The van der Waals surface area contributed by atoms with Gasteiger partial charge in [-0.1, -0.05) is 95.5 Å². The van der Waals surface area contributed by atoms with Gasteiger partial charge in [0.15, 0.2) is 0 Å². The first kappa shape index (κ1) is 19.8. The average Bonchev–Trinajstić information content (AvgIpc) is 2.58. The van der Waals surface area contributed by atoms with E-state index in [0.29, 0.717) is 6.54 Å². The summed E-state index contributed by atoms with van der Waals surface area (Å²) in [5, 5.41) is 2.75. The number of nitrogens with one attached hydrogen (secondary N) is 1. The van der Waals surface area contributed by atoms with Crippen molar-refractivity contribution >= 4 is 46.8 Å². The fourth-order valence-corrected chi connectivity index (χ4v) is 2.99. The molecule has 0 heterocycles. The second-order valence-electron chi connectivity index (χ2n) is 5.60. The van der Waals surface area contributed by atoms with Crippen molar-refractivity contribution in [2.75, 3.05) is 7.05 Å². The number of halogens is 3. The van der Waals surface area contributed by atoms with Gasteiger partial charge in [-0.05, 0) is 24.3 Å². The van der Waals surface area contributed by atoms with Gasteiger partial charge in [-0.2, -0.15) is 0 Å². The van der Waals surface area contributed by atoms with Crippen molar-refractivity contribution in [2.24, 2.45) is 0 Å². The van der Waals surface area contributed by atoms with E-state index in [1.807, 2.05) is 60.7 Å². The van der Waals surface area contributed by atoms with Crippen molar-refractivity contribution in [3.63, 3.8) is 0 Å². The standard InChI is InChI=1S/C19H19Cl3N2O/c1-24(14-16-10-6-3-7-11-16)18(19(20,21)22)23-17(25)13-12-15-8-4-2-5-9-15/h2-13,18H,14H2,1H3,(H,23,25)/b13-12+. The summed E-state index contributed by atoms with van der Waals surface area (Å²) in [7, 11) is 1.79. The Kier molecular flexibility index (Phi) is 7.33. The van der Waals surface area contributed by atoms with Gasteiger partial charge in [-0.25, -0.2) is 0 Å². The van der Waals surface area contributed by atoms with Gasteiger partial charge in [0.1, 0.15) is 6.17 Å². The second-order valence-corrected chi connectivity index (χ2v) is 7.97. The van der Waals surface area contributed by atoms with Crippen molar-refractivity contribution in [2.45, 2.75) is 16.5 Å². The molecule has 0 aliphatic rings. The van der Waals surface area contributed by atoms with Gasteiger partial charge in [-0.3, -0.25) is 9.69 Å². The van der Waals surface area contributed by atoms with Gasteiger partial charge < -0.3 is 5.32 Å². The number of amides is 1. The Labute approximate surface area is 163 Å². The Bertz CT molecular complexity index is 700. The van der Waals surface area contributed by atoms with Crippen LogP contribution in [0.25, 0.3) is 6.08 Å². The topological polar surface area (TPSA) is 32.3 Å². The number of alkyl halides is 3. The molecule has 0 saturated heterocycles. The van der Waals surface area contributed by atoms with Crippen LogP contribution in [0.3, 0.4) is 0 Å². The SMILES string of the molecule is CN(Cc1ccccc1)C(NC(=O)/C=C/c1ccccc1)C(Cl)(Cl)Cl. The Hall–Kier alpha value is -1.52. The van der Waals surface area contributed by atoms with E-state index in [-0.39, 0.29) is 5.91 Å². The summed E-state index contributed by atoms with van der Waals surface area (Å²) >= 11 is 18.2. The smallest absolute Gasteiger partial charge is 0.245 e. The minimum Gasteiger partial charge on any atom is -0.333 e. The number of nitrogens with zero attached hydrogens (tertiary/aromatic N) is 1. The highest BCUT2D eigenvalue weighted by molar-refractivity contribution is 6.68. The van der Waals surface area contributed by atoms with Gasteiger partial charge in [0.25, 0.3) is 0 Å². The zero-order chi connectivity index (χ0) is 18.3. The molecule has 132 valence electrons. The minimum atomic E-state index is -1.67. The maximum Gasteiger partial charge on any atom is 0.245 e. The van der Waals surface area contributed by atoms with Crippen LogP contribution >= 0.6 is 34.8 Å². The number of benzene rings is 2. The first-order chi connectivity index (χ1) is 11.9. The van der Waals surface area contributed by atoms with Crippen LogP contribution in [0.2, 0.25) is 0 Å². The van der Waals surface area contributed by atoms with Gasteiger partial charge in [0, 0.05) is 12.6 Å². The fraction of sp³-hybridized carbons (Fsp3) is 0.211. The van der Waals surface area contributed by atoms with Gasteiger partial charge in [-0.15, -0.1) is 0 Å². The number of rotatable bonds is 6. The predicted octanol–water partition coefficient (Wildman–Crippen LogP) is 4.64. The van der Waals surface area contributed by atoms with E-state index in [0.717, 1.165) is 11.1 Å². The van der Waals surface area contributed by atoms with Gasteiger partial charge in [0.05, 0.1) is 0 Å². The molecule has 0 aliphatic heterocycles. The molecule has 2 aromatic rings. The second kappa shape index (κ2) is 9.25. The predicted molar refractivity (Wildman–Crippen MR) is 106 cm³/mol. The maximum atomic E-state index is 12.2. The first-order valence-electron chi connectivity index (χ1n) is 7.71. The monoisotopic (exact) mass is 396 g/mol. The summed E-state index contributed by atoms with van der Waals surface area (Å²) in [6, 6.07) is 19.3. The van der Waals surface area contributed by atoms with Crippen LogP contribution in [-0.2, 0) is 11.3 Å². The summed E-state index contributed by atoms with van der Waals surface area (Å²) in [4.78, 5) is 14.0. The lowest BCUT2D eigenvalue weighted by atomic mass is 10.2. The zero-order valence-corrected chi connectivity index (χ0v) is 16.0. The molecule has 0 aromatic heterocycles. The molecule has 0 saturated carbocycles. The van der Waals surface area contributed by atoms with E-state index >= 15 is 0 Å². The fourth-order valence-electron chi connectivity index (χ4n) is 2.32. The van der Waals surface area contributed by atoms with Crippen LogP contribution in [0.15, 0.2) is 66.7 Å². The van der Waals surface area contributed by atoms with Crippen molar-refractivity contribution in [3.8, 4) is 0 Å². The zero-order valence-electron chi connectivity index (χ0n) is 13.7. The first-order valence-corrected chi connectivity index (χ1v) is 8.84. The Balaban J connectivity index is 2.04. The molecule has 1 amide bonds. The molecule has 1 N–H and O–H groups in total. The molecule has 1 atom stereocenters. The van der Waals surface area contributed by atoms with E-state index in [1.165, 1.54) is 6.08 Å². The van der Waals surface area contributed by atoms with Crippen molar-refractivity contribution < 1.29 is 4.79 Å². The summed E-state index contributed by atoms with van der Waals surface area (Å²) < 4.78 is -1.67. The molecular formula is C19H19Cl3N2O. The van der Waals surface area contributed by atoms with Crippen LogP contribution < -0.4 is 5.32 Å². The summed E-state index contributed by atoms with van der Waals surface area (Å²) in [5.41, 5.74) is 1.97. The highest BCUT2D eigenvalue weighted by atomic mass is 35.6. The highest BCUT2D eigenvalue weighted by Gasteiger charge is 2.36. The van der Waals surface area contributed by atoms with Crippen LogP contribution in [0, 0.1) is 0 Å². The summed E-state index contributed by atoms with van der Waals surface area (Å²) in [5.74, 6) is -0.333. The van der Waals surface area contributed by atoms with Crippen LogP contribution in [-0.4, -0.2) is 27.8 Å². The number of hydrogen-bond donors (Lipinski definition) is 1. The third-order valence-electron chi connectivity index (χ3n) is 3.53. The molecule has 0 radical (unpaired) electrons. The molecule has 0 bridgehead atoms. The summed E-state index contributed by atoms with van der Waals surface area (Å²) in [6.07, 6.45) is 2.36. The van der Waals surface area contributed by atoms with Gasteiger partial charge in [0.2, 0.25) is 9.70 Å². The van der Waals surface area contributed by atoms with E-state index < -0.39 is 9.96 Å². The van der Waals surface area contributed by atoms with Crippen molar-refractivity contribution in [3.05, 3.63) is 77.9 Å². The molecule has 0 fully saturated rings. The third kappa shape index (κ3) is 6.71. The number of hydrogen-bond acceptors (Lipinski definition) is 2. The molecule has 25 heavy (non-hydrogen) atoms. The normalized spacial score (nSPS) is 13.2.